The fourth-order valence-corrected chi connectivity index (χ4v) is 2.32. The summed E-state index contributed by atoms with van der Waals surface area (Å²) in [5.74, 6) is 0. The Kier molecular flexibility index (Phi) is 4.56. The molecule has 4 nitrogen and oxygen atoms in total. The van der Waals surface area contributed by atoms with Gasteiger partial charge in [0.1, 0.15) is 0 Å². The maximum absolute atomic E-state index is 5.59. The Morgan fingerprint density at radius 1 is 1.08 bits per heavy atom. The molecule has 0 bridgehead atoms. The van der Waals surface area contributed by atoms with E-state index >= 15 is 0 Å². The molecular weight excluding hydrogens is 189 g/mol. The number of hydrogen-bond acceptors (Lipinski definition) is 4. The summed E-state index contributed by atoms with van der Waals surface area (Å²) in [4.78, 5) is 0. The van der Waals surface area contributed by atoms with Crippen LogP contribution in [-0.4, -0.2) is 30.4 Å². The zero-order chi connectivity index (χ0) is 9.84. The van der Waals surface area contributed by atoms with E-state index in [1.807, 2.05) is 5.06 Å². The second kappa shape index (κ2) is 5.23. The van der Waals surface area contributed by atoms with Gasteiger partial charge in [0, 0.05) is 12.1 Å². The third kappa shape index (κ3) is 3.49. The van der Waals surface area contributed by atoms with E-state index < -0.39 is 8.60 Å². The van der Waals surface area contributed by atoms with Crippen molar-refractivity contribution in [2.45, 2.75) is 39.8 Å². The van der Waals surface area contributed by atoms with Crippen molar-refractivity contribution < 1.29 is 13.7 Å². The summed E-state index contributed by atoms with van der Waals surface area (Å²) in [5, 5.41) is 1.91. The van der Waals surface area contributed by atoms with Crippen LogP contribution in [0.1, 0.15) is 27.7 Å². The van der Waals surface area contributed by atoms with Gasteiger partial charge in [-0.3, -0.25) is 0 Å². The van der Waals surface area contributed by atoms with Gasteiger partial charge in [-0.15, -0.1) is 0 Å². The van der Waals surface area contributed by atoms with Crippen LogP contribution in [-0.2, 0) is 13.7 Å². The summed E-state index contributed by atoms with van der Waals surface area (Å²) in [7, 11) is -1.12. The molecule has 0 radical (unpaired) electrons. The Morgan fingerprint density at radius 2 is 1.54 bits per heavy atom. The van der Waals surface area contributed by atoms with E-state index in [0.717, 1.165) is 0 Å². The molecule has 13 heavy (non-hydrogen) atoms. The van der Waals surface area contributed by atoms with Crippen LogP contribution in [0.3, 0.4) is 0 Å². The van der Waals surface area contributed by atoms with Gasteiger partial charge in [0.15, 0.2) is 0 Å². The van der Waals surface area contributed by atoms with Gasteiger partial charge in [0.2, 0.25) is 0 Å². The predicted octanol–water partition coefficient (Wildman–Crippen LogP) is 2.31. The van der Waals surface area contributed by atoms with Gasteiger partial charge < -0.3 is 9.05 Å². The van der Waals surface area contributed by atoms with Crippen molar-refractivity contribution in [1.29, 1.82) is 0 Å². The fourth-order valence-electron chi connectivity index (χ4n) is 1.17. The highest BCUT2D eigenvalue weighted by Crippen LogP contribution is 2.45. The van der Waals surface area contributed by atoms with Crippen LogP contribution in [0.15, 0.2) is 0 Å². The summed E-state index contributed by atoms with van der Waals surface area (Å²) in [6.07, 6.45) is 0. The first kappa shape index (κ1) is 11.3. The smallest absolute Gasteiger partial charge is 0.309 e. The molecule has 1 aliphatic rings. The molecule has 5 heteroatoms. The molecule has 1 rings (SSSR count). The molecule has 0 amide bonds. The minimum Gasteiger partial charge on any atom is -0.309 e. The number of hydrogen-bond donors (Lipinski definition) is 0. The quantitative estimate of drug-likeness (QED) is 0.523. The molecule has 78 valence electrons. The lowest BCUT2D eigenvalue weighted by Crippen LogP contribution is -2.35. The lowest BCUT2D eigenvalue weighted by atomic mass is 10.3. The Labute approximate surface area is 81.1 Å². The normalized spacial score (nSPS) is 19.6. The average molecular weight is 207 g/mol. The van der Waals surface area contributed by atoms with Gasteiger partial charge in [0.05, 0.1) is 13.2 Å². The molecule has 0 aliphatic carbocycles. The number of hydroxylamine groups is 2. The maximum Gasteiger partial charge on any atom is 0.351 e. The summed E-state index contributed by atoms with van der Waals surface area (Å²) >= 11 is 0. The van der Waals surface area contributed by atoms with Gasteiger partial charge in [-0.1, -0.05) is 0 Å². The maximum atomic E-state index is 5.59. The summed E-state index contributed by atoms with van der Waals surface area (Å²) in [5.41, 5.74) is 0. The molecule has 0 aromatic heterocycles. The molecule has 0 spiro atoms. The third-order valence-corrected chi connectivity index (χ3v) is 2.76. The van der Waals surface area contributed by atoms with Crippen molar-refractivity contribution in [3.63, 3.8) is 0 Å². The van der Waals surface area contributed by atoms with E-state index in [9.17, 15) is 0 Å². The summed E-state index contributed by atoms with van der Waals surface area (Å²) in [6, 6.07) is 0.686. The second-order valence-electron chi connectivity index (χ2n) is 3.52. The third-order valence-electron chi connectivity index (χ3n) is 1.66. The molecule has 1 aliphatic heterocycles. The minimum atomic E-state index is -1.12. The van der Waals surface area contributed by atoms with E-state index in [4.69, 9.17) is 13.7 Å². The first-order chi connectivity index (χ1) is 6.11. The van der Waals surface area contributed by atoms with Crippen molar-refractivity contribution >= 4 is 8.60 Å². The van der Waals surface area contributed by atoms with Gasteiger partial charge in [-0.25, -0.2) is 4.62 Å². The Bertz CT molecular complexity index is 140. The molecule has 0 unspecified atom stereocenters. The fraction of sp³-hybridized carbons (Fsp3) is 1.00. The van der Waals surface area contributed by atoms with Crippen LogP contribution >= 0.6 is 8.60 Å². The summed E-state index contributed by atoms with van der Waals surface area (Å²) < 4.78 is 16.1. The predicted molar refractivity (Wildman–Crippen MR) is 52.0 cm³/mol. The first-order valence-corrected chi connectivity index (χ1v) is 5.73. The van der Waals surface area contributed by atoms with E-state index in [-0.39, 0.29) is 0 Å². The van der Waals surface area contributed by atoms with Gasteiger partial charge in [0.25, 0.3) is 0 Å². The van der Waals surface area contributed by atoms with Crippen molar-refractivity contribution in [1.82, 2.24) is 5.06 Å². The molecule has 1 fully saturated rings. The molecule has 0 atom stereocenters. The van der Waals surface area contributed by atoms with Crippen molar-refractivity contribution in [3.05, 3.63) is 0 Å². The van der Waals surface area contributed by atoms with E-state index in [0.29, 0.717) is 25.3 Å². The number of rotatable bonds is 4. The molecular formula is C8H18NO3P. The molecule has 0 N–H and O–H groups in total. The summed E-state index contributed by atoms with van der Waals surface area (Å²) in [6.45, 7) is 9.65. The van der Waals surface area contributed by atoms with Crippen LogP contribution in [0.2, 0.25) is 0 Å². The van der Waals surface area contributed by atoms with E-state index in [1.165, 1.54) is 0 Å². The van der Waals surface area contributed by atoms with Crippen molar-refractivity contribution in [2.75, 3.05) is 13.2 Å². The molecule has 0 saturated carbocycles. The highest BCUT2D eigenvalue weighted by Gasteiger charge is 2.25. The Hall–Kier alpha value is 0.270. The highest BCUT2D eigenvalue weighted by atomic mass is 31.2. The lowest BCUT2D eigenvalue weighted by molar-refractivity contribution is -0.118. The standard InChI is InChI=1S/C8H18NO3P/c1-7(2)9(8(3)4)12-13-10-5-6-11-13/h7-8H,5-6H2,1-4H3. The first-order valence-electron chi connectivity index (χ1n) is 4.63. The second-order valence-corrected chi connectivity index (χ2v) is 4.65. The van der Waals surface area contributed by atoms with Crippen LogP contribution in [0, 0.1) is 0 Å². The Morgan fingerprint density at radius 3 is 1.92 bits per heavy atom. The van der Waals surface area contributed by atoms with E-state index in [2.05, 4.69) is 27.7 Å². The SMILES string of the molecule is CC(C)N(OP1OCCO1)C(C)C. The molecule has 1 saturated heterocycles. The van der Waals surface area contributed by atoms with Crippen molar-refractivity contribution in [2.24, 2.45) is 0 Å². The monoisotopic (exact) mass is 207 g/mol. The van der Waals surface area contributed by atoms with Gasteiger partial charge in [-0.05, 0) is 27.7 Å². The van der Waals surface area contributed by atoms with Crippen molar-refractivity contribution in [3.8, 4) is 0 Å². The highest BCUT2D eigenvalue weighted by molar-refractivity contribution is 7.41. The molecule has 0 aromatic carbocycles. The lowest BCUT2D eigenvalue weighted by Gasteiger charge is -2.29. The van der Waals surface area contributed by atoms with Gasteiger partial charge >= 0.3 is 8.60 Å². The number of nitrogens with zero attached hydrogens (tertiary/aromatic N) is 1. The Balaban J connectivity index is 2.37. The zero-order valence-electron chi connectivity index (χ0n) is 8.69. The molecule has 1 heterocycles. The van der Waals surface area contributed by atoms with Crippen LogP contribution in [0.4, 0.5) is 0 Å². The molecule has 0 aromatic rings. The minimum absolute atomic E-state index is 0.343. The largest absolute Gasteiger partial charge is 0.351 e. The average Bonchev–Trinajstić information content (AvgIpc) is 2.50. The van der Waals surface area contributed by atoms with E-state index in [1.54, 1.807) is 0 Å². The van der Waals surface area contributed by atoms with Crippen LogP contribution < -0.4 is 0 Å². The topological polar surface area (TPSA) is 30.9 Å². The zero-order valence-corrected chi connectivity index (χ0v) is 9.58. The van der Waals surface area contributed by atoms with Gasteiger partial charge in [-0.2, -0.15) is 5.06 Å². The van der Waals surface area contributed by atoms with Crippen LogP contribution in [0.5, 0.6) is 0 Å². The van der Waals surface area contributed by atoms with Crippen LogP contribution in [0.25, 0.3) is 0 Å².